The maximum Gasteiger partial charge on any atom is 0.359 e. The molecule has 1 fully saturated rings. The van der Waals surface area contributed by atoms with Crippen LogP contribution in [0.4, 0.5) is 5.82 Å². The minimum atomic E-state index is -4.45. The number of ether oxygens (including phenoxy) is 1. The lowest BCUT2D eigenvalue weighted by molar-refractivity contribution is -0.745. The van der Waals surface area contributed by atoms with Crippen molar-refractivity contribution in [1.29, 1.82) is 0 Å². The van der Waals surface area contributed by atoms with Crippen LogP contribution in [0.15, 0.2) is 17.8 Å². The fraction of sp³-hybridized carbons (Fsp3) is 0.727. The first-order chi connectivity index (χ1) is 16.8. The van der Waals surface area contributed by atoms with E-state index in [-0.39, 0.29) is 19.3 Å². The molecule has 4 heterocycles. The molecule has 0 spiro atoms. The van der Waals surface area contributed by atoms with E-state index in [9.17, 15) is 24.8 Å². The Morgan fingerprint density at radius 3 is 2.47 bits per heavy atom. The Morgan fingerprint density at radius 1 is 1.19 bits per heavy atom. The van der Waals surface area contributed by atoms with Crippen molar-refractivity contribution < 1.29 is 38.6 Å². The van der Waals surface area contributed by atoms with Crippen LogP contribution in [0, 0.1) is 0 Å². The normalized spacial score (nSPS) is 27.7. The minimum absolute atomic E-state index is 0.00887. The summed E-state index contributed by atoms with van der Waals surface area (Å²) in [5, 5.41) is 36.7. The molecular formula is C22H36N6O7P+. The minimum Gasteiger partial charge on any atom is -0.387 e. The van der Waals surface area contributed by atoms with Crippen molar-refractivity contribution in [3.8, 4) is 0 Å². The van der Waals surface area contributed by atoms with E-state index in [1.807, 2.05) is 6.92 Å². The molecule has 1 saturated heterocycles. The Morgan fingerprint density at radius 2 is 1.86 bits per heavy atom. The number of hydrogen-bond acceptors (Lipinski definition) is 10. The molecule has 36 heavy (non-hydrogen) atoms. The Bertz CT molecular complexity index is 1220. The van der Waals surface area contributed by atoms with E-state index in [2.05, 4.69) is 15.1 Å². The largest absolute Gasteiger partial charge is 0.387 e. The fourth-order valence-corrected chi connectivity index (χ4v) is 6.59. The van der Waals surface area contributed by atoms with Gasteiger partial charge < -0.3 is 29.5 Å². The molecule has 2 aliphatic heterocycles. The molecule has 0 aliphatic carbocycles. The van der Waals surface area contributed by atoms with Gasteiger partial charge in [-0.05, 0) is 26.2 Å². The maximum atomic E-state index is 13.0. The molecule has 2 aromatic rings. The Hall–Kier alpha value is -1.99. The zero-order valence-corrected chi connectivity index (χ0v) is 22.3. The van der Waals surface area contributed by atoms with Gasteiger partial charge in [0.05, 0.1) is 11.7 Å². The van der Waals surface area contributed by atoms with Gasteiger partial charge in [0.25, 0.3) is 0 Å². The third-order valence-electron chi connectivity index (χ3n) is 7.45. The van der Waals surface area contributed by atoms with Crippen molar-refractivity contribution in [3.05, 3.63) is 12.7 Å². The van der Waals surface area contributed by atoms with Crippen LogP contribution in [0.5, 0.6) is 0 Å². The molecule has 0 aromatic carbocycles. The summed E-state index contributed by atoms with van der Waals surface area (Å²) in [5.41, 5.74) is -0.0444. The van der Waals surface area contributed by atoms with E-state index in [0.717, 1.165) is 0 Å². The lowest BCUT2D eigenvalue weighted by Crippen LogP contribution is -2.46. The maximum absolute atomic E-state index is 13.0. The van der Waals surface area contributed by atoms with Gasteiger partial charge in [0.1, 0.15) is 12.2 Å². The molecule has 14 heteroatoms. The fourth-order valence-electron chi connectivity index (χ4n) is 4.82. The Balaban J connectivity index is 1.63. The summed E-state index contributed by atoms with van der Waals surface area (Å²) in [6, 6.07) is 0. The van der Waals surface area contributed by atoms with E-state index in [0.29, 0.717) is 29.2 Å². The van der Waals surface area contributed by atoms with Crippen LogP contribution in [-0.2, 0) is 13.8 Å². The van der Waals surface area contributed by atoms with Crippen molar-refractivity contribution >= 4 is 30.4 Å². The number of hydrogen-bond donors (Lipinski definition) is 4. The lowest BCUT2D eigenvalue weighted by atomic mass is 9.93. The van der Waals surface area contributed by atoms with Crippen LogP contribution in [0.2, 0.25) is 0 Å². The summed E-state index contributed by atoms with van der Waals surface area (Å²) in [4.78, 5) is 19.3. The number of hydrazone groups is 1. The summed E-state index contributed by atoms with van der Waals surface area (Å²) in [6.07, 6.45) is -1.02. The smallest absolute Gasteiger partial charge is 0.359 e. The number of aliphatic hydroxyl groups is 3. The first-order valence-electron chi connectivity index (χ1n) is 12.2. The average molecular weight is 528 g/mol. The molecule has 13 nitrogen and oxygen atoms in total. The van der Waals surface area contributed by atoms with E-state index in [1.54, 1.807) is 55.2 Å². The van der Waals surface area contributed by atoms with Crippen molar-refractivity contribution in [2.45, 2.75) is 95.8 Å². The second kappa shape index (κ2) is 9.39. The molecular weight excluding hydrogens is 491 g/mol. The highest BCUT2D eigenvalue weighted by atomic mass is 31.2. The van der Waals surface area contributed by atoms with Crippen molar-refractivity contribution in [2.24, 2.45) is 5.10 Å². The van der Waals surface area contributed by atoms with Crippen LogP contribution in [0.3, 0.4) is 0 Å². The van der Waals surface area contributed by atoms with Gasteiger partial charge in [-0.25, -0.2) is 14.1 Å². The highest BCUT2D eigenvalue weighted by Gasteiger charge is 2.53. The summed E-state index contributed by atoms with van der Waals surface area (Å²) in [7, 11) is -2.68. The topological polar surface area (TPSA) is 167 Å². The first-order valence-corrected chi connectivity index (χ1v) is 13.7. The summed E-state index contributed by atoms with van der Waals surface area (Å²) < 4.78 is 28.3. The summed E-state index contributed by atoms with van der Waals surface area (Å²) >= 11 is 0. The number of aliphatic hydroxyl groups excluding tert-OH is 2. The SMILES string of the molecule is CCC(C)(CC1OC([n+]2cn3c4c(ncnc42)N(C)N=C3C)C(O)C1O)OP(=O)(O)C(O)(CC)CC. The molecule has 2 aliphatic rings. The van der Waals surface area contributed by atoms with Gasteiger partial charge in [-0.1, -0.05) is 25.8 Å². The third-order valence-corrected chi connectivity index (χ3v) is 9.83. The molecule has 6 atom stereocenters. The average Bonchev–Trinajstić information content (AvgIpc) is 3.35. The standard InChI is InChI=1S/C22H35N6O7P/c1-7-21(5,35-36(32,33)22(31,8-2)9-3)10-14-16(29)17(30)20(34-14)28-12-27-13(4)25-26(6)18-15(27)19(28)24-11-23-18/h11-12,14,16-17,20,29-31H,7-10H2,1-6H3/p+1. The van der Waals surface area contributed by atoms with Crippen molar-refractivity contribution in [1.82, 2.24) is 14.5 Å². The Kier molecular flexibility index (Phi) is 7.06. The van der Waals surface area contributed by atoms with Crippen LogP contribution >= 0.6 is 7.60 Å². The molecule has 6 unspecified atom stereocenters. The zero-order valence-electron chi connectivity index (χ0n) is 21.4. The number of aromatic nitrogens is 4. The van der Waals surface area contributed by atoms with Gasteiger partial charge >= 0.3 is 13.2 Å². The molecule has 0 bridgehead atoms. The van der Waals surface area contributed by atoms with Gasteiger partial charge in [-0.15, -0.1) is 5.10 Å². The Labute approximate surface area is 209 Å². The molecule has 4 N–H and O–H groups in total. The summed E-state index contributed by atoms with van der Waals surface area (Å²) in [5.74, 6) is 1.25. The van der Waals surface area contributed by atoms with Crippen LogP contribution in [-0.4, -0.2) is 76.9 Å². The number of rotatable bonds is 9. The highest BCUT2D eigenvalue weighted by Crippen LogP contribution is 2.60. The number of imidazole rings is 1. The first kappa shape index (κ1) is 27.1. The lowest BCUT2D eigenvalue weighted by Gasteiger charge is -2.38. The molecule has 200 valence electrons. The van der Waals surface area contributed by atoms with E-state index in [1.165, 1.54) is 6.33 Å². The van der Waals surface area contributed by atoms with Gasteiger partial charge in [0.15, 0.2) is 29.7 Å². The molecule has 4 rings (SSSR count). The third kappa shape index (κ3) is 4.26. The molecule has 0 saturated carbocycles. The van der Waals surface area contributed by atoms with Crippen LogP contribution < -0.4 is 9.58 Å². The second-order valence-electron chi connectivity index (χ2n) is 9.79. The summed E-state index contributed by atoms with van der Waals surface area (Å²) in [6.45, 7) is 8.47. The highest BCUT2D eigenvalue weighted by molar-refractivity contribution is 7.54. The zero-order chi connectivity index (χ0) is 26.6. The molecule has 0 radical (unpaired) electrons. The van der Waals surface area contributed by atoms with Crippen molar-refractivity contribution in [2.75, 3.05) is 12.1 Å². The van der Waals surface area contributed by atoms with E-state index < -0.39 is 43.1 Å². The van der Waals surface area contributed by atoms with Crippen LogP contribution in [0.1, 0.15) is 66.5 Å². The van der Waals surface area contributed by atoms with Gasteiger partial charge in [-0.3, -0.25) is 4.57 Å². The number of nitrogens with zero attached hydrogens (tertiary/aromatic N) is 6. The van der Waals surface area contributed by atoms with Crippen LogP contribution in [0.25, 0.3) is 11.2 Å². The van der Waals surface area contributed by atoms with E-state index in [4.69, 9.17) is 9.26 Å². The predicted molar refractivity (Wildman–Crippen MR) is 130 cm³/mol. The van der Waals surface area contributed by atoms with Crippen molar-refractivity contribution in [3.63, 3.8) is 0 Å². The monoisotopic (exact) mass is 527 g/mol. The van der Waals surface area contributed by atoms with Gasteiger partial charge in [0.2, 0.25) is 11.7 Å². The predicted octanol–water partition coefficient (Wildman–Crippen LogP) is 1.24. The quantitative estimate of drug-likeness (QED) is 0.275. The van der Waals surface area contributed by atoms with Gasteiger partial charge in [0, 0.05) is 20.4 Å². The second-order valence-corrected chi connectivity index (χ2v) is 11.8. The van der Waals surface area contributed by atoms with E-state index >= 15 is 0 Å². The molecule has 2 aromatic heterocycles. The van der Waals surface area contributed by atoms with Gasteiger partial charge in [-0.2, -0.15) is 4.98 Å². The molecule has 0 amide bonds. The number of anilines is 1.